The largest absolute Gasteiger partial charge is 0.384 e. The van der Waals surface area contributed by atoms with Gasteiger partial charge in [-0.1, -0.05) is 0 Å². The minimum atomic E-state index is 0.314. The Hall–Kier alpha value is -0.470. The van der Waals surface area contributed by atoms with Crippen molar-refractivity contribution in [2.45, 2.75) is 37.8 Å². The third-order valence-electron chi connectivity index (χ3n) is 7.18. The molecule has 6 nitrogen and oxygen atoms in total. The van der Waals surface area contributed by atoms with Crippen molar-refractivity contribution in [3.63, 3.8) is 0 Å². The van der Waals surface area contributed by atoms with Gasteiger partial charge in [0, 0.05) is 43.6 Å². The summed E-state index contributed by atoms with van der Waals surface area (Å²) in [7, 11) is 3.55. The molecule has 2 N–H and O–H groups in total. The molecule has 0 radical (unpaired) electrons. The Morgan fingerprint density at radius 2 is 1.36 bits per heavy atom. The highest BCUT2D eigenvalue weighted by atomic mass is 32.2. The summed E-state index contributed by atoms with van der Waals surface area (Å²) < 4.78 is 10.5. The van der Waals surface area contributed by atoms with Gasteiger partial charge in [0.1, 0.15) is 12.6 Å². The van der Waals surface area contributed by atoms with Crippen LogP contribution in [0.5, 0.6) is 0 Å². The summed E-state index contributed by atoms with van der Waals surface area (Å²) in [5, 5.41) is 6.53. The molecule has 0 aromatic heterocycles. The zero-order chi connectivity index (χ0) is 20.0. The summed E-state index contributed by atoms with van der Waals surface area (Å²) in [5.74, 6) is 4.64. The van der Waals surface area contributed by atoms with E-state index in [-0.39, 0.29) is 0 Å². The summed E-state index contributed by atoms with van der Waals surface area (Å²) >= 11 is 2.04. The van der Waals surface area contributed by atoms with Crippen LogP contribution >= 0.6 is 11.8 Å². The van der Waals surface area contributed by atoms with Crippen molar-refractivity contribution in [1.29, 1.82) is 0 Å². The molecule has 5 saturated heterocycles. The quantitative estimate of drug-likeness (QED) is 0.638. The molecule has 2 aliphatic carbocycles. The van der Waals surface area contributed by atoms with Gasteiger partial charge in [0.15, 0.2) is 0 Å². The van der Waals surface area contributed by atoms with Crippen molar-refractivity contribution in [1.82, 2.24) is 10.6 Å². The molecule has 0 aromatic rings. The molecular formula is C21H36N2O4S. The third-order valence-corrected chi connectivity index (χ3v) is 8.17. The number of thioether (sulfide) groups is 1. The number of hydrogen-bond acceptors (Lipinski definition) is 7. The van der Waals surface area contributed by atoms with Crippen LogP contribution in [0.2, 0.25) is 0 Å². The smallest absolute Gasteiger partial charge is 0.124 e. The average molecular weight is 413 g/mol. The van der Waals surface area contributed by atoms with Crippen LogP contribution in [0.3, 0.4) is 0 Å². The number of hydrogen-bond donors (Lipinski definition) is 2. The van der Waals surface area contributed by atoms with E-state index in [1.165, 1.54) is 37.2 Å². The summed E-state index contributed by atoms with van der Waals surface area (Å²) in [5.41, 5.74) is 0.314. The van der Waals surface area contributed by atoms with Gasteiger partial charge in [-0.25, -0.2) is 0 Å². The Kier molecular flexibility index (Phi) is 8.35. The molecule has 7 aliphatic rings. The normalized spacial score (nSPS) is 38.6. The number of carbonyl (C=O) groups is 2. The topological polar surface area (TPSA) is 76.7 Å². The Bertz CT molecular complexity index is 441. The lowest BCUT2D eigenvalue weighted by Gasteiger charge is -2.35. The van der Waals surface area contributed by atoms with E-state index in [0.29, 0.717) is 41.2 Å². The standard InChI is InChI=1S/C9H18O2S.2C6H9NO/c1-10-7-9(8-11-2)3-5-12-6-4-9;2*8-3-5-4-1-6(5)7-2-4/h3-8H2,1-2H3;2*3-7H,1-2H2. The molecule has 2 saturated carbocycles. The van der Waals surface area contributed by atoms with E-state index in [2.05, 4.69) is 10.6 Å². The first-order valence-corrected chi connectivity index (χ1v) is 11.7. The first-order chi connectivity index (χ1) is 13.7. The van der Waals surface area contributed by atoms with Crippen LogP contribution in [0.1, 0.15) is 25.7 Å². The molecule has 160 valence electrons. The molecule has 7 rings (SSSR count). The first-order valence-electron chi connectivity index (χ1n) is 10.6. The zero-order valence-electron chi connectivity index (χ0n) is 17.2. The summed E-state index contributed by atoms with van der Waals surface area (Å²) in [4.78, 5) is 20.4. The Morgan fingerprint density at radius 1 is 0.893 bits per heavy atom. The van der Waals surface area contributed by atoms with Crippen LogP contribution in [0.25, 0.3) is 0 Å². The molecular weight excluding hydrogens is 376 g/mol. The molecule has 7 heteroatoms. The van der Waals surface area contributed by atoms with E-state index >= 15 is 0 Å². The second kappa shape index (κ2) is 10.5. The fraction of sp³-hybridized carbons (Fsp3) is 0.905. The second-order valence-corrected chi connectivity index (χ2v) is 10.2. The Labute approximate surface area is 173 Å². The SMILES string of the molecule is COCC1(COC)CCSCC1.O=CC1C2CNC1C2.O=CC1C2CNC1C2. The van der Waals surface area contributed by atoms with Crippen molar-refractivity contribution < 1.29 is 19.1 Å². The summed E-state index contributed by atoms with van der Waals surface area (Å²) in [6, 6.07) is 1.11. The number of nitrogens with one attached hydrogen (secondary N) is 2. The molecule has 6 atom stereocenters. The molecule has 5 aliphatic heterocycles. The Balaban J connectivity index is 0.000000124. The third kappa shape index (κ3) is 4.98. The van der Waals surface area contributed by atoms with Crippen LogP contribution in [-0.4, -0.2) is 76.7 Å². The van der Waals surface area contributed by atoms with Crippen molar-refractivity contribution in [2.24, 2.45) is 29.1 Å². The van der Waals surface area contributed by atoms with E-state index in [1.807, 2.05) is 11.8 Å². The van der Waals surface area contributed by atoms with E-state index in [0.717, 1.165) is 38.9 Å². The fourth-order valence-corrected chi connectivity index (χ4v) is 6.55. The highest BCUT2D eigenvalue weighted by Gasteiger charge is 2.46. The van der Waals surface area contributed by atoms with Crippen molar-refractivity contribution in [3.8, 4) is 0 Å². The van der Waals surface area contributed by atoms with Crippen LogP contribution < -0.4 is 10.6 Å². The Morgan fingerprint density at radius 3 is 1.61 bits per heavy atom. The van der Waals surface area contributed by atoms with Crippen LogP contribution in [0, 0.1) is 29.1 Å². The van der Waals surface area contributed by atoms with Gasteiger partial charge in [-0.3, -0.25) is 0 Å². The summed E-state index contributed by atoms with van der Waals surface area (Å²) in [6.07, 6.45) is 7.14. The van der Waals surface area contributed by atoms with E-state index in [1.54, 1.807) is 14.2 Å². The second-order valence-electron chi connectivity index (χ2n) is 8.93. The van der Waals surface area contributed by atoms with Crippen LogP contribution in [-0.2, 0) is 19.1 Å². The minimum Gasteiger partial charge on any atom is -0.384 e. The van der Waals surface area contributed by atoms with Gasteiger partial charge in [0.2, 0.25) is 0 Å². The van der Waals surface area contributed by atoms with E-state index < -0.39 is 0 Å². The minimum absolute atomic E-state index is 0.314. The molecule has 6 unspecified atom stereocenters. The van der Waals surface area contributed by atoms with Gasteiger partial charge in [-0.15, -0.1) is 0 Å². The average Bonchev–Trinajstić information content (AvgIpc) is 3.46. The molecule has 28 heavy (non-hydrogen) atoms. The van der Waals surface area contributed by atoms with E-state index in [4.69, 9.17) is 9.47 Å². The highest BCUT2D eigenvalue weighted by molar-refractivity contribution is 7.99. The zero-order valence-corrected chi connectivity index (χ0v) is 18.0. The first kappa shape index (κ1) is 22.2. The number of carbonyl (C=O) groups excluding carboxylic acids is 2. The van der Waals surface area contributed by atoms with Gasteiger partial charge >= 0.3 is 0 Å². The van der Waals surface area contributed by atoms with Crippen molar-refractivity contribution in [3.05, 3.63) is 0 Å². The lowest BCUT2D eigenvalue weighted by Crippen LogP contribution is -2.37. The molecule has 0 aromatic carbocycles. The maximum absolute atomic E-state index is 10.2. The monoisotopic (exact) mass is 412 g/mol. The van der Waals surface area contributed by atoms with Crippen LogP contribution in [0.15, 0.2) is 0 Å². The maximum atomic E-state index is 10.2. The maximum Gasteiger partial charge on any atom is 0.124 e. The van der Waals surface area contributed by atoms with E-state index in [9.17, 15) is 9.59 Å². The summed E-state index contributed by atoms with van der Waals surface area (Å²) in [6.45, 7) is 3.85. The predicted octanol–water partition coefficient (Wildman–Crippen LogP) is 1.38. The molecule has 5 heterocycles. The number of rotatable bonds is 6. The molecule has 0 amide bonds. The van der Waals surface area contributed by atoms with Gasteiger partial charge in [-0.2, -0.15) is 11.8 Å². The fourth-order valence-electron chi connectivity index (χ4n) is 5.19. The predicted molar refractivity (Wildman–Crippen MR) is 112 cm³/mol. The molecule has 0 spiro atoms. The number of aldehydes is 2. The van der Waals surface area contributed by atoms with Gasteiger partial charge in [-0.05, 0) is 62.1 Å². The molecule has 7 fully saturated rings. The number of ether oxygens (including phenoxy) is 2. The lowest BCUT2D eigenvalue weighted by molar-refractivity contribution is -0.115. The van der Waals surface area contributed by atoms with Gasteiger partial charge in [0.05, 0.1) is 13.2 Å². The van der Waals surface area contributed by atoms with Crippen LogP contribution in [0.4, 0.5) is 0 Å². The highest BCUT2D eigenvalue weighted by Crippen LogP contribution is 2.39. The lowest BCUT2D eigenvalue weighted by atomic mass is 9.75. The van der Waals surface area contributed by atoms with Gasteiger partial charge in [0.25, 0.3) is 0 Å². The molecule has 4 bridgehead atoms. The van der Waals surface area contributed by atoms with Crippen molar-refractivity contribution in [2.75, 3.05) is 52.0 Å². The number of fused-ring (bicyclic) bond motifs is 2. The number of methoxy groups -OCH3 is 2. The van der Waals surface area contributed by atoms with Crippen molar-refractivity contribution >= 4 is 24.3 Å². The van der Waals surface area contributed by atoms with Gasteiger partial charge < -0.3 is 29.7 Å².